The smallest absolute Gasteiger partial charge is 0.307 e. The third kappa shape index (κ3) is 8.57. The monoisotopic (exact) mass is 688 g/mol. The Hall–Kier alpha value is -3.36. The number of carboxylic acid groups (broad SMARTS) is 1. The van der Waals surface area contributed by atoms with Crippen LogP contribution in [-0.4, -0.2) is 71.9 Å². The first-order valence-electron chi connectivity index (χ1n) is 15.8. The number of hydrogen-bond donors (Lipinski definition) is 4. The Labute approximate surface area is 278 Å². The summed E-state index contributed by atoms with van der Waals surface area (Å²) in [4.78, 5) is 13.6. The number of nitrogens with zero attached hydrogens (tertiary/aromatic N) is 2. The Balaban J connectivity index is 1.73. The molecule has 0 saturated carbocycles. The largest absolute Gasteiger partial charge is 0.481 e. The molecule has 0 aliphatic carbocycles. The van der Waals surface area contributed by atoms with Crippen molar-refractivity contribution in [2.45, 2.75) is 77.2 Å². The zero-order valence-electron chi connectivity index (χ0n) is 27.4. The van der Waals surface area contributed by atoms with Crippen molar-refractivity contribution in [2.75, 3.05) is 29.5 Å². The molecule has 11 nitrogen and oxygen atoms in total. The third-order valence-corrected chi connectivity index (χ3v) is 10.7. The van der Waals surface area contributed by atoms with Crippen LogP contribution in [0.1, 0.15) is 75.6 Å². The maximum Gasteiger partial charge on any atom is 0.307 e. The van der Waals surface area contributed by atoms with Crippen LogP contribution in [0.25, 0.3) is 0 Å². The summed E-state index contributed by atoms with van der Waals surface area (Å²) in [6.07, 6.45) is 7.64. The highest BCUT2D eigenvalue weighted by Crippen LogP contribution is 2.48. The number of benzene rings is 2. The molecule has 0 fully saturated rings. The highest BCUT2D eigenvalue weighted by atomic mass is 32.2. The maximum absolute atomic E-state index is 11.5. The molecule has 47 heavy (non-hydrogen) atoms. The summed E-state index contributed by atoms with van der Waals surface area (Å²) < 4.78 is 66.0. The van der Waals surface area contributed by atoms with E-state index in [0.717, 1.165) is 39.5 Å². The van der Waals surface area contributed by atoms with Crippen molar-refractivity contribution in [3.63, 3.8) is 0 Å². The molecule has 0 amide bonds. The van der Waals surface area contributed by atoms with Gasteiger partial charge in [0.05, 0.1) is 23.3 Å². The predicted molar refractivity (Wildman–Crippen MR) is 184 cm³/mol. The molecule has 4 rings (SSSR count). The molecule has 0 unspecified atom stereocenters. The molecule has 0 aromatic heterocycles. The molecule has 2 aromatic carbocycles. The molecular weight excluding hydrogens is 643 g/mol. The standard InChI is InChI=1S/C34H45N3O8S2/c1-33(2)26-20-24(22-32(38)39)12-14-28(26)36(16-5-7-18-46(40,41)42)30(33)10-9-11-31-34(3,4)27-21-25(23-35)13-15-29(27)37(31)17-6-8-19-47(43,44)45/h9-15,20-21H,5-8,16-19,22-23,35H2,1-4H3,(H2-,38,39,40,41,42,43,44,45)/p+1. The number of hydrogen-bond acceptors (Lipinski definition) is 7. The summed E-state index contributed by atoms with van der Waals surface area (Å²) in [5, 5.41) is 9.39. The number of carboxylic acids is 1. The van der Waals surface area contributed by atoms with E-state index < -0.39 is 37.0 Å². The van der Waals surface area contributed by atoms with Gasteiger partial charge in [-0.1, -0.05) is 38.1 Å². The number of rotatable bonds is 15. The Morgan fingerprint density at radius 2 is 1.49 bits per heavy atom. The van der Waals surface area contributed by atoms with E-state index >= 15 is 0 Å². The predicted octanol–water partition coefficient (Wildman–Crippen LogP) is 4.72. The average molecular weight is 689 g/mol. The fraction of sp³-hybridized carbons (Fsp3) is 0.471. The molecule has 0 spiro atoms. The maximum atomic E-state index is 11.5. The summed E-state index contributed by atoms with van der Waals surface area (Å²) >= 11 is 0. The van der Waals surface area contributed by atoms with E-state index in [-0.39, 0.29) is 24.3 Å². The van der Waals surface area contributed by atoms with Gasteiger partial charge in [0, 0.05) is 54.0 Å². The van der Waals surface area contributed by atoms with Crippen LogP contribution in [0.4, 0.5) is 11.4 Å². The van der Waals surface area contributed by atoms with Gasteiger partial charge in [0.15, 0.2) is 5.71 Å². The Morgan fingerprint density at radius 3 is 2.11 bits per heavy atom. The van der Waals surface area contributed by atoms with Crippen LogP contribution in [0.5, 0.6) is 0 Å². The minimum Gasteiger partial charge on any atom is -0.481 e. The summed E-state index contributed by atoms with van der Waals surface area (Å²) in [6.45, 7) is 9.88. The van der Waals surface area contributed by atoms with Gasteiger partial charge >= 0.3 is 5.97 Å². The lowest BCUT2D eigenvalue weighted by molar-refractivity contribution is -0.438. The van der Waals surface area contributed by atoms with Crippen LogP contribution in [0.2, 0.25) is 0 Å². The van der Waals surface area contributed by atoms with E-state index in [1.165, 1.54) is 0 Å². The normalized spacial score (nSPS) is 17.9. The Morgan fingerprint density at radius 1 is 0.872 bits per heavy atom. The van der Waals surface area contributed by atoms with E-state index in [2.05, 4.69) is 49.3 Å². The lowest BCUT2D eigenvalue weighted by Crippen LogP contribution is -2.28. The van der Waals surface area contributed by atoms with Crippen molar-refractivity contribution >= 4 is 43.3 Å². The van der Waals surface area contributed by atoms with Crippen LogP contribution >= 0.6 is 0 Å². The van der Waals surface area contributed by atoms with Crippen molar-refractivity contribution in [3.8, 4) is 0 Å². The van der Waals surface area contributed by atoms with Crippen LogP contribution in [0, 0.1) is 0 Å². The molecule has 13 heteroatoms. The quantitative estimate of drug-likeness (QED) is 0.116. The molecule has 2 aliphatic heterocycles. The van der Waals surface area contributed by atoms with Gasteiger partial charge in [0.1, 0.15) is 6.54 Å². The van der Waals surface area contributed by atoms with Gasteiger partial charge in [0.25, 0.3) is 20.2 Å². The zero-order valence-corrected chi connectivity index (χ0v) is 29.1. The van der Waals surface area contributed by atoms with Crippen LogP contribution < -0.4 is 10.6 Å². The third-order valence-electron chi connectivity index (χ3n) is 9.08. The van der Waals surface area contributed by atoms with Crippen molar-refractivity contribution in [2.24, 2.45) is 5.73 Å². The molecule has 2 heterocycles. The first-order chi connectivity index (χ1) is 21.8. The number of unbranched alkanes of at least 4 members (excludes halogenated alkanes) is 2. The SMILES string of the molecule is CC1(C)C(=CC=CC2=[N+](CCCCS(=O)(=O)O)c3ccc(CN)cc3C2(C)C)N(CCCCS(=O)(=O)O)c2ccc(CC(=O)O)cc21. The Bertz CT molecular complexity index is 1840. The van der Waals surface area contributed by atoms with Crippen LogP contribution in [-0.2, 0) is 48.8 Å². The van der Waals surface area contributed by atoms with Gasteiger partial charge < -0.3 is 15.7 Å². The van der Waals surface area contributed by atoms with E-state index in [9.17, 15) is 35.8 Å². The first kappa shape index (κ1) is 36.5. The van der Waals surface area contributed by atoms with Gasteiger partial charge in [-0.3, -0.25) is 13.9 Å². The van der Waals surface area contributed by atoms with Crippen LogP contribution in [0.15, 0.2) is 60.3 Å². The molecular formula is C34H46N3O8S2+. The number of allylic oxidation sites excluding steroid dienone is 4. The second-order valence-electron chi connectivity index (χ2n) is 13.3. The first-order valence-corrected chi connectivity index (χ1v) is 19.0. The van der Waals surface area contributed by atoms with Crippen LogP contribution in [0.3, 0.4) is 0 Å². The molecule has 0 saturated heterocycles. The van der Waals surface area contributed by atoms with Crippen molar-refractivity contribution in [3.05, 3.63) is 82.6 Å². The van der Waals surface area contributed by atoms with Crippen molar-refractivity contribution in [1.82, 2.24) is 0 Å². The van der Waals surface area contributed by atoms with E-state index in [4.69, 9.17) is 5.73 Å². The fourth-order valence-electron chi connectivity index (χ4n) is 6.68. The molecule has 0 radical (unpaired) electrons. The number of carbonyl (C=O) groups is 1. The van der Waals surface area contributed by atoms with Gasteiger partial charge in [-0.25, -0.2) is 0 Å². The van der Waals surface area contributed by atoms with E-state index in [1.54, 1.807) is 6.07 Å². The summed E-state index contributed by atoms with van der Waals surface area (Å²) in [5.74, 6) is -1.54. The summed E-state index contributed by atoms with van der Waals surface area (Å²) in [7, 11) is -8.12. The van der Waals surface area contributed by atoms with E-state index in [1.807, 2.05) is 36.4 Å². The number of nitrogens with two attached hydrogens (primary N) is 1. The van der Waals surface area contributed by atoms with Gasteiger partial charge in [-0.2, -0.15) is 21.4 Å². The second kappa shape index (κ2) is 14.0. The van der Waals surface area contributed by atoms with Crippen molar-refractivity contribution < 1.29 is 40.4 Å². The second-order valence-corrected chi connectivity index (χ2v) is 16.5. The van der Waals surface area contributed by atoms with Gasteiger partial charge in [-0.15, -0.1) is 0 Å². The number of anilines is 1. The Kier molecular flexibility index (Phi) is 10.9. The van der Waals surface area contributed by atoms with E-state index in [0.29, 0.717) is 44.5 Å². The lowest BCUT2D eigenvalue weighted by atomic mass is 9.80. The number of aliphatic carboxylic acids is 1. The molecule has 0 atom stereocenters. The minimum atomic E-state index is -4.07. The molecule has 2 aromatic rings. The van der Waals surface area contributed by atoms with Gasteiger partial charge in [0.2, 0.25) is 5.69 Å². The minimum absolute atomic E-state index is 0.101. The fourth-order valence-corrected chi connectivity index (χ4v) is 7.82. The van der Waals surface area contributed by atoms with Gasteiger partial charge in [-0.05, 0) is 68.0 Å². The highest BCUT2D eigenvalue weighted by molar-refractivity contribution is 7.86. The molecule has 2 aliphatic rings. The topological polar surface area (TPSA) is 178 Å². The zero-order chi connectivity index (χ0) is 34.8. The average Bonchev–Trinajstić information content (AvgIpc) is 3.30. The number of fused-ring (bicyclic) bond motifs is 2. The highest BCUT2D eigenvalue weighted by Gasteiger charge is 2.44. The summed E-state index contributed by atoms with van der Waals surface area (Å²) in [5.41, 5.74) is 12.8. The lowest BCUT2D eigenvalue weighted by Gasteiger charge is -2.27. The molecule has 0 bridgehead atoms. The van der Waals surface area contributed by atoms with Crippen molar-refractivity contribution in [1.29, 1.82) is 0 Å². The molecule has 256 valence electrons. The summed E-state index contributed by atoms with van der Waals surface area (Å²) in [6, 6.07) is 11.8. The molecule has 5 N–H and O–H groups in total.